The first kappa shape index (κ1) is 15.5. The lowest BCUT2D eigenvalue weighted by Crippen LogP contribution is -2.16. The van der Waals surface area contributed by atoms with Crippen molar-refractivity contribution in [2.45, 2.75) is 46.0 Å². The molecule has 1 saturated carbocycles. The fourth-order valence-corrected chi connectivity index (χ4v) is 2.68. The first-order valence-electron chi connectivity index (χ1n) is 7.62. The first-order valence-corrected chi connectivity index (χ1v) is 7.62. The van der Waals surface area contributed by atoms with E-state index in [-0.39, 0.29) is 5.69 Å². The van der Waals surface area contributed by atoms with Gasteiger partial charge in [0.2, 0.25) is 11.8 Å². The quantitative estimate of drug-likeness (QED) is 0.592. The third kappa shape index (κ3) is 4.03. The smallest absolute Gasteiger partial charge is 0.332 e. The Kier molecular flexibility index (Phi) is 5.30. The van der Waals surface area contributed by atoms with Gasteiger partial charge in [0.15, 0.2) is 0 Å². The molecule has 0 spiro atoms. The normalized spacial score (nSPS) is 15.1. The maximum atomic E-state index is 11.2. The van der Waals surface area contributed by atoms with Gasteiger partial charge in [-0.15, -0.1) is 0 Å². The molecule has 1 fully saturated rings. The molecule has 1 aliphatic rings. The van der Waals surface area contributed by atoms with Gasteiger partial charge in [0.25, 0.3) is 0 Å². The average Bonchev–Trinajstić information content (AvgIpc) is 2.95. The Morgan fingerprint density at radius 1 is 1.29 bits per heavy atom. The van der Waals surface area contributed by atoms with Crippen molar-refractivity contribution in [1.29, 1.82) is 0 Å². The van der Waals surface area contributed by atoms with Crippen LogP contribution in [0.4, 0.5) is 17.5 Å². The number of aryl methyl sites for hydroxylation is 1. The number of aromatic nitrogens is 2. The summed E-state index contributed by atoms with van der Waals surface area (Å²) in [5.74, 6) is 1.37. The van der Waals surface area contributed by atoms with Gasteiger partial charge in [-0.05, 0) is 32.1 Å². The highest BCUT2D eigenvalue weighted by Gasteiger charge is 2.23. The molecule has 1 aromatic heterocycles. The molecule has 7 nitrogen and oxygen atoms in total. The highest BCUT2D eigenvalue weighted by atomic mass is 16.6. The monoisotopic (exact) mass is 293 g/mol. The second kappa shape index (κ2) is 7.19. The van der Waals surface area contributed by atoms with Crippen molar-refractivity contribution >= 4 is 17.5 Å². The van der Waals surface area contributed by atoms with Crippen LogP contribution in [-0.2, 0) is 0 Å². The van der Waals surface area contributed by atoms with Crippen LogP contribution >= 0.6 is 0 Å². The topological polar surface area (TPSA) is 93.0 Å². The number of hydrogen-bond acceptors (Lipinski definition) is 6. The molecular formula is C14H23N5O2. The maximum Gasteiger partial charge on any atom is 0.332 e. The molecule has 0 radical (unpaired) electrons. The summed E-state index contributed by atoms with van der Waals surface area (Å²) >= 11 is 0. The Balaban J connectivity index is 2.17. The van der Waals surface area contributed by atoms with Gasteiger partial charge >= 0.3 is 5.69 Å². The van der Waals surface area contributed by atoms with E-state index >= 15 is 0 Å². The summed E-state index contributed by atoms with van der Waals surface area (Å²) in [6, 6.07) is 0. The molecule has 0 saturated heterocycles. The summed E-state index contributed by atoms with van der Waals surface area (Å²) in [7, 11) is 0. The van der Waals surface area contributed by atoms with Crippen molar-refractivity contribution < 1.29 is 4.92 Å². The summed E-state index contributed by atoms with van der Waals surface area (Å²) in [5.41, 5.74) is 0.373. The molecule has 0 atom stereocenters. The van der Waals surface area contributed by atoms with E-state index in [1.54, 1.807) is 6.92 Å². The van der Waals surface area contributed by atoms with Crippen LogP contribution in [0.15, 0.2) is 0 Å². The van der Waals surface area contributed by atoms with Gasteiger partial charge in [0, 0.05) is 13.1 Å². The minimum absolute atomic E-state index is 0.0185. The minimum atomic E-state index is -0.407. The van der Waals surface area contributed by atoms with E-state index < -0.39 is 4.92 Å². The highest BCUT2D eigenvalue weighted by molar-refractivity contribution is 5.60. The van der Waals surface area contributed by atoms with Gasteiger partial charge in [-0.2, -0.15) is 4.98 Å². The zero-order chi connectivity index (χ0) is 15.2. The fourth-order valence-electron chi connectivity index (χ4n) is 2.68. The van der Waals surface area contributed by atoms with E-state index in [0.717, 1.165) is 19.5 Å². The van der Waals surface area contributed by atoms with Crippen LogP contribution in [-0.4, -0.2) is 28.0 Å². The van der Waals surface area contributed by atoms with Crippen molar-refractivity contribution in [2.24, 2.45) is 5.92 Å². The van der Waals surface area contributed by atoms with E-state index in [9.17, 15) is 10.1 Å². The van der Waals surface area contributed by atoms with Crippen molar-refractivity contribution in [2.75, 3.05) is 23.7 Å². The molecule has 0 amide bonds. The van der Waals surface area contributed by atoms with E-state index in [4.69, 9.17) is 0 Å². The lowest BCUT2D eigenvalue weighted by atomic mass is 10.1. The van der Waals surface area contributed by atoms with Gasteiger partial charge in [-0.3, -0.25) is 10.1 Å². The summed E-state index contributed by atoms with van der Waals surface area (Å²) in [6.45, 7) is 5.19. The van der Waals surface area contributed by atoms with Crippen LogP contribution in [0.1, 0.15) is 44.7 Å². The van der Waals surface area contributed by atoms with E-state index in [1.165, 1.54) is 25.7 Å². The third-order valence-corrected chi connectivity index (χ3v) is 3.81. The van der Waals surface area contributed by atoms with Crippen LogP contribution in [0.2, 0.25) is 0 Å². The van der Waals surface area contributed by atoms with Gasteiger partial charge < -0.3 is 10.6 Å². The van der Waals surface area contributed by atoms with Crippen LogP contribution < -0.4 is 10.6 Å². The SMILES string of the molecule is CCCNc1nc(C)c([N+](=O)[O-])c(NCC2CCCC2)n1. The molecule has 1 heterocycles. The van der Waals surface area contributed by atoms with Gasteiger partial charge in [-0.1, -0.05) is 19.8 Å². The van der Waals surface area contributed by atoms with Crippen molar-refractivity contribution in [3.05, 3.63) is 15.8 Å². The lowest BCUT2D eigenvalue weighted by Gasteiger charge is -2.13. The Bertz CT molecular complexity index is 500. The predicted octanol–water partition coefficient (Wildman–Crippen LogP) is 3.12. The molecule has 0 aliphatic heterocycles. The van der Waals surface area contributed by atoms with Crippen molar-refractivity contribution in [1.82, 2.24) is 9.97 Å². The summed E-state index contributed by atoms with van der Waals surface area (Å²) in [5, 5.41) is 17.5. The van der Waals surface area contributed by atoms with Gasteiger partial charge in [0.05, 0.1) is 4.92 Å². The van der Waals surface area contributed by atoms with Gasteiger partial charge in [0.1, 0.15) is 5.69 Å². The van der Waals surface area contributed by atoms with Crippen LogP contribution in [0.25, 0.3) is 0 Å². The summed E-state index contributed by atoms with van der Waals surface area (Å²) < 4.78 is 0. The van der Waals surface area contributed by atoms with Crippen molar-refractivity contribution in [3.8, 4) is 0 Å². The molecule has 1 aromatic rings. The minimum Gasteiger partial charge on any atom is -0.364 e. The Labute approximate surface area is 124 Å². The lowest BCUT2D eigenvalue weighted by molar-refractivity contribution is -0.385. The Morgan fingerprint density at radius 3 is 2.62 bits per heavy atom. The molecule has 2 rings (SSSR count). The number of rotatable bonds is 7. The molecule has 1 aliphatic carbocycles. The summed E-state index contributed by atoms with van der Waals surface area (Å²) in [4.78, 5) is 19.3. The third-order valence-electron chi connectivity index (χ3n) is 3.81. The molecule has 0 bridgehead atoms. The largest absolute Gasteiger partial charge is 0.364 e. The first-order chi connectivity index (χ1) is 10.1. The molecule has 0 unspecified atom stereocenters. The van der Waals surface area contributed by atoms with Crippen LogP contribution in [0.5, 0.6) is 0 Å². The van der Waals surface area contributed by atoms with Gasteiger partial charge in [-0.25, -0.2) is 4.98 Å². The molecule has 21 heavy (non-hydrogen) atoms. The zero-order valence-electron chi connectivity index (χ0n) is 12.7. The molecular weight excluding hydrogens is 270 g/mol. The molecule has 116 valence electrons. The average molecular weight is 293 g/mol. The van der Waals surface area contributed by atoms with E-state index in [1.807, 2.05) is 6.92 Å². The Morgan fingerprint density at radius 2 is 2.00 bits per heavy atom. The summed E-state index contributed by atoms with van der Waals surface area (Å²) in [6.07, 6.45) is 5.82. The number of nitro groups is 1. The predicted molar refractivity (Wildman–Crippen MR) is 82.7 cm³/mol. The standard InChI is InChI=1S/C14H23N5O2/c1-3-8-15-14-17-10(2)12(19(20)21)13(18-14)16-9-11-6-4-5-7-11/h11H,3-9H2,1-2H3,(H2,15,16,17,18). The maximum absolute atomic E-state index is 11.2. The molecule has 7 heteroatoms. The number of anilines is 2. The highest BCUT2D eigenvalue weighted by Crippen LogP contribution is 2.29. The van der Waals surface area contributed by atoms with Crippen LogP contribution in [0, 0.1) is 23.0 Å². The fraction of sp³-hybridized carbons (Fsp3) is 0.714. The number of hydrogen-bond donors (Lipinski definition) is 2. The van der Waals surface area contributed by atoms with Crippen molar-refractivity contribution in [3.63, 3.8) is 0 Å². The van der Waals surface area contributed by atoms with Crippen LogP contribution in [0.3, 0.4) is 0 Å². The molecule has 2 N–H and O–H groups in total. The zero-order valence-corrected chi connectivity index (χ0v) is 12.7. The molecule has 0 aromatic carbocycles. The Hall–Kier alpha value is -1.92. The van der Waals surface area contributed by atoms with E-state index in [2.05, 4.69) is 20.6 Å². The number of nitrogens with zero attached hydrogens (tertiary/aromatic N) is 3. The number of nitrogens with one attached hydrogen (secondary N) is 2. The second-order valence-electron chi connectivity index (χ2n) is 5.55. The van der Waals surface area contributed by atoms with E-state index in [0.29, 0.717) is 23.4 Å². The second-order valence-corrected chi connectivity index (χ2v) is 5.55.